The first-order valence-electron chi connectivity index (χ1n) is 5.00. The van der Waals surface area contributed by atoms with Crippen LogP contribution >= 0.6 is 11.6 Å². The lowest BCUT2D eigenvalue weighted by Crippen LogP contribution is -2.04. The first kappa shape index (κ1) is 11.7. The number of ether oxygens (including phenoxy) is 1. The van der Waals surface area contributed by atoms with E-state index in [1.807, 2.05) is 18.2 Å². The second-order valence-electron chi connectivity index (χ2n) is 3.54. The number of carbonyl (C=O) groups excluding carboxylic acids is 1. The van der Waals surface area contributed by atoms with E-state index >= 15 is 0 Å². The van der Waals surface area contributed by atoms with E-state index in [0.717, 1.165) is 5.56 Å². The van der Waals surface area contributed by atoms with Gasteiger partial charge in [-0.25, -0.2) is 4.79 Å². The predicted molar refractivity (Wildman–Crippen MR) is 65.0 cm³/mol. The van der Waals surface area contributed by atoms with Gasteiger partial charge in [0.2, 0.25) is 0 Å². The minimum atomic E-state index is -0.472. The standard InChI is InChI=1S/C12H11ClN2O2/c1-15-7-9(11(14-15)12(16)17-2)8-5-3-4-6-10(8)13/h3-7H,1-2H3. The Labute approximate surface area is 104 Å². The zero-order valence-corrected chi connectivity index (χ0v) is 10.2. The molecule has 5 heteroatoms. The van der Waals surface area contributed by atoms with Gasteiger partial charge in [0.15, 0.2) is 5.69 Å². The molecular weight excluding hydrogens is 240 g/mol. The second kappa shape index (κ2) is 4.59. The summed E-state index contributed by atoms with van der Waals surface area (Å²) in [6.07, 6.45) is 1.74. The number of nitrogens with zero attached hydrogens (tertiary/aromatic N) is 2. The summed E-state index contributed by atoms with van der Waals surface area (Å²) in [6, 6.07) is 7.30. The normalized spacial score (nSPS) is 10.3. The summed E-state index contributed by atoms with van der Waals surface area (Å²) in [4.78, 5) is 11.6. The van der Waals surface area contributed by atoms with Gasteiger partial charge in [0.25, 0.3) is 0 Å². The van der Waals surface area contributed by atoms with Gasteiger partial charge in [0.05, 0.1) is 7.11 Å². The highest BCUT2D eigenvalue weighted by molar-refractivity contribution is 6.33. The smallest absolute Gasteiger partial charge is 0.359 e. The Morgan fingerprint density at radius 1 is 1.35 bits per heavy atom. The third kappa shape index (κ3) is 2.17. The number of esters is 1. The molecule has 0 spiro atoms. The maximum Gasteiger partial charge on any atom is 0.359 e. The van der Waals surface area contributed by atoms with Crippen molar-refractivity contribution in [2.45, 2.75) is 0 Å². The van der Waals surface area contributed by atoms with Crippen molar-refractivity contribution in [1.29, 1.82) is 0 Å². The molecule has 1 aromatic heterocycles. The highest BCUT2D eigenvalue weighted by atomic mass is 35.5. The van der Waals surface area contributed by atoms with Crippen LogP contribution in [-0.2, 0) is 11.8 Å². The molecule has 1 aromatic carbocycles. The first-order chi connectivity index (χ1) is 8.13. The Morgan fingerprint density at radius 2 is 2.06 bits per heavy atom. The predicted octanol–water partition coefficient (Wildman–Crippen LogP) is 2.53. The van der Waals surface area contributed by atoms with Crippen LogP contribution in [0.2, 0.25) is 5.02 Å². The zero-order valence-electron chi connectivity index (χ0n) is 9.48. The van der Waals surface area contributed by atoms with Crippen LogP contribution in [0, 0.1) is 0 Å². The fourth-order valence-electron chi connectivity index (χ4n) is 1.61. The largest absolute Gasteiger partial charge is 0.464 e. The monoisotopic (exact) mass is 250 g/mol. The van der Waals surface area contributed by atoms with Crippen molar-refractivity contribution in [2.75, 3.05) is 7.11 Å². The number of benzene rings is 1. The SMILES string of the molecule is COC(=O)c1nn(C)cc1-c1ccccc1Cl. The maximum absolute atomic E-state index is 11.6. The molecule has 0 fully saturated rings. The van der Waals surface area contributed by atoms with Gasteiger partial charge in [-0.1, -0.05) is 29.8 Å². The van der Waals surface area contributed by atoms with E-state index in [4.69, 9.17) is 16.3 Å². The van der Waals surface area contributed by atoms with Crippen LogP contribution < -0.4 is 0 Å². The second-order valence-corrected chi connectivity index (χ2v) is 3.94. The van der Waals surface area contributed by atoms with Gasteiger partial charge >= 0.3 is 5.97 Å². The fourth-order valence-corrected chi connectivity index (χ4v) is 1.85. The minimum Gasteiger partial charge on any atom is -0.464 e. The lowest BCUT2D eigenvalue weighted by atomic mass is 10.1. The molecule has 0 bridgehead atoms. The highest BCUT2D eigenvalue weighted by Crippen LogP contribution is 2.29. The summed E-state index contributed by atoms with van der Waals surface area (Å²) in [5, 5.41) is 4.66. The van der Waals surface area contributed by atoms with Crippen LogP contribution in [0.15, 0.2) is 30.5 Å². The molecule has 4 nitrogen and oxygen atoms in total. The number of rotatable bonds is 2. The molecule has 0 atom stereocenters. The lowest BCUT2D eigenvalue weighted by molar-refractivity contribution is 0.0594. The van der Waals surface area contributed by atoms with Gasteiger partial charge in [-0.2, -0.15) is 5.10 Å². The number of halogens is 1. The van der Waals surface area contributed by atoms with Crippen LogP contribution in [0.25, 0.3) is 11.1 Å². The molecule has 0 amide bonds. The first-order valence-corrected chi connectivity index (χ1v) is 5.38. The van der Waals surface area contributed by atoms with E-state index in [-0.39, 0.29) is 5.69 Å². The molecule has 0 aliphatic rings. The molecule has 1 heterocycles. The van der Waals surface area contributed by atoms with Gasteiger partial charge in [-0.15, -0.1) is 0 Å². The minimum absolute atomic E-state index is 0.267. The molecule has 0 unspecified atom stereocenters. The Morgan fingerprint density at radius 3 is 2.71 bits per heavy atom. The third-order valence-corrected chi connectivity index (χ3v) is 2.70. The summed E-state index contributed by atoms with van der Waals surface area (Å²) in [6.45, 7) is 0. The zero-order chi connectivity index (χ0) is 12.4. The van der Waals surface area contributed by atoms with Crippen LogP contribution in [0.4, 0.5) is 0 Å². The average Bonchev–Trinajstić information content (AvgIpc) is 2.71. The summed E-state index contributed by atoms with van der Waals surface area (Å²) in [5.41, 5.74) is 1.70. The molecule has 17 heavy (non-hydrogen) atoms. The van der Waals surface area contributed by atoms with Crippen molar-refractivity contribution < 1.29 is 9.53 Å². The molecule has 2 aromatic rings. The van der Waals surface area contributed by atoms with Crippen molar-refractivity contribution in [3.63, 3.8) is 0 Å². The number of methoxy groups -OCH3 is 1. The van der Waals surface area contributed by atoms with E-state index < -0.39 is 5.97 Å². The number of hydrogen-bond donors (Lipinski definition) is 0. The summed E-state index contributed by atoms with van der Waals surface area (Å²) < 4.78 is 6.25. The molecule has 0 radical (unpaired) electrons. The van der Waals surface area contributed by atoms with Gasteiger partial charge in [0.1, 0.15) is 0 Å². The Kier molecular flexibility index (Phi) is 3.15. The molecule has 0 aliphatic heterocycles. The van der Waals surface area contributed by atoms with Gasteiger partial charge in [-0.05, 0) is 6.07 Å². The Balaban J connectivity index is 2.60. The summed E-state index contributed by atoms with van der Waals surface area (Å²) in [5.74, 6) is -0.472. The Bertz CT molecular complexity index is 563. The maximum atomic E-state index is 11.6. The topological polar surface area (TPSA) is 44.1 Å². The van der Waals surface area contributed by atoms with E-state index in [0.29, 0.717) is 10.6 Å². The quantitative estimate of drug-likeness (QED) is 0.770. The van der Waals surface area contributed by atoms with E-state index in [1.165, 1.54) is 7.11 Å². The third-order valence-electron chi connectivity index (χ3n) is 2.37. The number of aromatic nitrogens is 2. The van der Waals surface area contributed by atoms with E-state index in [1.54, 1.807) is 24.0 Å². The average molecular weight is 251 g/mol. The van der Waals surface area contributed by atoms with Crippen LogP contribution in [-0.4, -0.2) is 22.9 Å². The van der Waals surface area contributed by atoms with Gasteiger partial charge < -0.3 is 4.74 Å². The number of aryl methyl sites for hydroxylation is 1. The Hall–Kier alpha value is -1.81. The lowest BCUT2D eigenvalue weighted by Gasteiger charge is -2.02. The number of hydrogen-bond acceptors (Lipinski definition) is 3. The van der Waals surface area contributed by atoms with Crippen molar-refractivity contribution >= 4 is 17.6 Å². The van der Waals surface area contributed by atoms with Gasteiger partial charge in [-0.3, -0.25) is 4.68 Å². The fraction of sp³-hybridized carbons (Fsp3) is 0.167. The van der Waals surface area contributed by atoms with Crippen LogP contribution in [0.5, 0.6) is 0 Å². The summed E-state index contributed by atoms with van der Waals surface area (Å²) in [7, 11) is 3.07. The van der Waals surface area contributed by atoms with Crippen LogP contribution in [0.1, 0.15) is 10.5 Å². The van der Waals surface area contributed by atoms with E-state index in [9.17, 15) is 4.79 Å². The van der Waals surface area contributed by atoms with Crippen molar-refractivity contribution in [2.24, 2.45) is 7.05 Å². The molecule has 0 saturated carbocycles. The highest BCUT2D eigenvalue weighted by Gasteiger charge is 2.19. The van der Waals surface area contributed by atoms with E-state index in [2.05, 4.69) is 5.10 Å². The molecule has 0 aliphatic carbocycles. The number of carbonyl (C=O) groups is 1. The molecule has 0 N–H and O–H groups in total. The van der Waals surface area contributed by atoms with Gasteiger partial charge in [0, 0.05) is 29.4 Å². The molecule has 88 valence electrons. The summed E-state index contributed by atoms with van der Waals surface area (Å²) >= 11 is 6.10. The van der Waals surface area contributed by atoms with Crippen molar-refractivity contribution in [1.82, 2.24) is 9.78 Å². The molecular formula is C12H11ClN2O2. The molecule has 2 rings (SSSR count). The van der Waals surface area contributed by atoms with Crippen molar-refractivity contribution in [3.8, 4) is 11.1 Å². The van der Waals surface area contributed by atoms with Crippen LogP contribution in [0.3, 0.4) is 0 Å². The van der Waals surface area contributed by atoms with Crippen molar-refractivity contribution in [3.05, 3.63) is 41.2 Å². The molecule has 0 saturated heterocycles.